The van der Waals surface area contributed by atoms with Crippen LogP contribution < -0.4 is 16.4 Å². The highest BCUT2D eigenvalue weighted by molar-refractivity contribution is 5.87. The van der Waals surface area contributed by atoms with Crippen molar-refractivity contribution in [2.75, 3.05) is 10.6 Å². The van der Waals surface area contributed by atoms with Crippen molar-refractivity contribution in [3.05, 3.63) is 53.8 Å². The molecule has 0 radical (unpaired) electrons. The topological polar surface area (TPSA) is 87.4 Å². The van der Waals surface area contributed by atoms with Crippen molar-refractivity contribution in [3.63, 3.8) is 0 Å². The number of urea groups is 1. The molecule has 2 aromatic rings. The summed E-state index contributed by atoms with van der Waals surface area (Å²) in [5.41, 5.74) is 7.12. The summed E-state index contributed by atoms with van der Waals surface area (Å²) in [4.78, 5) is 10.7. The molecule has 20 heavy (non-hydrogen) atoms. The zero-order chi connectivity index (χ0) is 14.5. The van der Waals surface area contributed by atoms with E-state index in [4.69, 9.17) is 10.8 Å². The van der Waals surface area contributed by atoms with E-state index in [1.165, 1.54) is 12.1 Å². The number of halogens is 1. The van der Waals surface area contributed by atoms with Crippen LogP contribution in [-0.4, -0.2) is 11.1 Å². The summed E-state index contributed by atoms with van der Waals surface area (Å²) >= 11 is 0. The van der Waals surface area contributed by atoms with Gasteiger partial charge in [0.25, 0.3) is 0 Å². The molecule has 0 spiro atoms. The number of hydrogen-bond acceptors (Lipinski definition) is 3. The van der Waals surface area contributed by atoms with Gasteiger partial charge in [-0.3, -0.25) is 0 Å². The van der Waals surface area contributed by atoms with E-state index in [0.29, 0.717) is 17.8 Å². The number of aromatic hydroxyl groups is 1. The Bertz CT molecular complexity index is 614. The summed E-state index contributed by atoms with van der Waals surface area (Å²) < 4.78 is 13.1. The van der Waals surface area contributed by atoms with Crippen molar-refractivity contribution in [1.29, 1.82) is 0 Å². The number of nitrogens with one attached hydrogen (secondary N) is 2. The first-order chi connectivity index (χ1) is 9.54. The Morgan fingerprint density at radius 3 is 2.40 bits per heavy atom. The third kappa shape index (κ3) is 3.61. The third-order valence-corrected chi connectivity index (χ3v) is 2.66. The lowest BCUT2D eigenvalue weighted by molar-refractivity contribution is 0.259. The molecule has 0 unspecified atom stereocenters. The average molecular weight is 275 g/mol. The van der Waals surface area contributed by atoms with Crippen LogP contribution in [0.15, 0.2) is 42.5 Å². The molecular formula is C14H14FN3O2. The zero-order valence-corrected chi connectivity index (χ0v) is 10.6. The van der Waals surface area contributed by atoms with Crippen molar-refractivity contribution in [1.82, 2.24) is 0 Å². The first-order valence-corrected chi connectivity index (χ1v) is 5.92. The van der Waals surface area contributed by atoms with Gasteiger partial charge in [-0.25, -0.2) is 9.18 Å². The Balaban J connectivity index is 1.96. The molecule has 5 N–H and O–H groups in total. The Labute approximate surface area is 115 Å². The van der Waals surface area contributed by atoms with Gasteiger partial charge in [0.2, 0.25) is 0 Å². The SMILES string of the molecule is NC(=O)Nc1ccc(NCc2ccc(O)c(F)c2)cc1. The van der Waals surface area contributed by atoms with E-state index < -0.39 is 11.8 Å². The molecule has 0 heterocycles. The summed E-state index contributed by atoms with van der Waals surface area (Å²) in [6, 6.07) is 10.5. The fourth-order valence-electron chi connectivity index (χ4n) is 1.68. The van der Waals surface area contributed by atoms with Gasteiger partial charge in [-0.2, -0.15) is 0 Å². The summed E-state index contributed by atoms with van der Waals surface area (Å²) in [7, 11) is 0. The summed E-state index contributed by atoms with van der Waals surface area (Å²) in [5, 5.41) is 14.6. The lowest BCUT2D eigenvalue weighted by Crippen LogP contribution is -2.19. The van der Waals surface area contributed by atoms with Crippen LogP contribution in [0.25, 0.3) is 0 Å². The minimum Gasteiger partial charge on any atom is -0.505 e. The highest BCUT2D eigenvalue weighted by atomic mass is 19.1. The van der Waals surface area contributed by atoms with Crippen molar-refractivity contribution in [2.24, 2.45) is 5.73 Å². The molecule has 6 heteroatoms. The summed E-state index contributed by atoms with van der Waals surface area (Å²) in [5.74, 6) is -1.01. The van der Waals surface area contributed by atoms with Crippen LogP contribution in [0.1, 0.15) is 5.56 Å². The molecule has 104 valence electrons. The van der Waals surface area contributed by atoms with Gasteiger partial charge in [0.05, 0.1) is 0 Å². The van der Waals surface area contributed by atoms with E-state index in [1.54, 1.807) is 30.3 Å². The Kier molecular flexibility index (Phi) is 4.05. The third-order valence-electron chi connectivity index (χ3n) is 2.66. The second kappa shape index (κ2) is 5.92. The minimum atomic E-state index is -0.648. The molecule has 5 nitrogen and oxygen atoms in total. The number of amides is 2. The number of benzene rings is 2. The van der Waals surface area contributed by atoms with Gasteiger partial charge in [0, 0.05) is 17.9 Å². The monoisotopic (exact) mass is 275 g/mol. The van der Waals surface area contributed by atoms with Gasteiger partial charge >= 0.3 is 6.03 Å². The second-order valence-electron chi connectivity index (χ2n) is 4.21. The van der Waals surface area contributed by atoms with Gasteiger partial charge in [0.15, 0.2) is 11.6 Å². The lowest BCUT2D eigenvalue weighted by Gasteiger charge is -2.08. The molecule has 0 bridgehead atoms. The summed E-state index contributed by atoms with van der Waals surface area (Å²) in [6.45, 7) is 0.416. The molecule has 0 aliphatic rings. The Hall–Kier alpha value is -2.76. The Morgan fingerprint density at radius 2 is 1.80 bits per heavy atom. The van der Waals surface area contributed by atoms with Crippen LogP contribution in [0.3, 0.4) is 0 Å². The van der Waals surface area contributed by atoms with Crippen LogP contribution in [0.2, 0.25) is 0 Å². The normalized spacial score (nSPS) is 10.1. The van der Waals surface area contributed by atoms with E-state index in [2.05, 4.69) is 10.6 Å². The van der Waals surface area contributed by atoms with Crippen molar-refractivity contribution in [2.45, 2.75) is 6.54 Å². The molecule has 2 aromatic carbocycles. The number of rotatable bonds is 4. The molecule has 0 fully saturated rings. The molecule has 2 rings (SSSR count). The molecule has 2 amide bonds. The van der Waals surface area contributed by atoms with E-state index >= 15 is 0 Å². The van der Waals surface area contributed by atoms with E-state index in [0.717, 1.165) is 5.69 Å². The van der Waals surface area contributed by atoms with Crippen LogP contribution >= 0.6 is 0 Å². The largest absolute Gasteiger partial charge is 0.505 e. The quantitative estimate of drug-likeness (QED) is 0.691. The predicted molar refractivity (Wildman–Crippen MR) is 75.0 cm³/mol. The first kappa shape index (κ1) is 13.7. The van der Waals surface area contributed by atoms with E-state index in [9.17, 15) is 9.18 Å². The fraction of sp³-hybridized carbons (Fsp3) is 0.0714. The fourth-order valence-corrected chi connectivity index (χ4v) is 1.68. The number of primary amides is 1. The maximum Gasteiger partial charge on any atom is 0.316 e. The second-order valence-corrected chi connectivity index (χ2v) is 4.21. The number of hydrogen-bond donors (Lipinski definition) is 4. The number of phenolic OH excluding ortho intramolecular Hbond substituents is 1. The first-order valence-electron chi connectivity index (χ1n) is 5.92. The molecule has 0 aliphatic heterocycles. The predicted octanol–water partition coefficient (Wildman–Crippen LogP) is 2.63. The highest BCUT2D eigenvalue weighted by Crippen LogP contribution is 2.18. The lowest BCUT2D eigenvalue weighted by atomic mass is 10.2. The minimum absolute atomic E-state index is 0.365. The van der Waals surface area contributed by atoms with Crippen LogP contribution in [0.5, 0.6) is 5.75 Å². The van der Waals surface area contributed by atoms with Gasteiger partial charge < -0.3 is 21.5 Å². The van der Waals surface area contributed by atoms with E-state index in [1.807, 2.05) is 0 Å². The number of anilines is 2. The molecule has 0 atom stereocenters. The highest BCUT2D eigenvalue weighted by Gasteiger charge is 2.02. The molecular weight excluding hydrogens is 261 g/mol. The van der Waals surface area contributed by atoms with Gasteiger partial charge in [-0.15, -0.1) is 0 Å². The number of carbonyl (C=O) groups is 1. The van der Waals surface area contributed by atoms with Crippen LogP contribution in [-0.2, 0) is 6.54 Å². The molecule has 0 saturated heterocycles. The van der Waals surface area contributed by atoms with Crippen molar-refractivity contribution < 1.29 is 14.3 Å². The zero-order valence-electron chi connectivity index (χ0n) is 10.6. The maximum absolute atomic E-state index is 13.1. The molecule has 0 aromatic heterocycles. The molecule has 0 saturated carbocycles. The van der Waals surface area contributed by atoms with Crippen molar-refractivity contribution in [3.8, 4) is 5.75 Å². The van der Waals surface area contributed by atoms with Gasteiger partial charge in [-0.05, 0) is 42.0 Å². The van der Waals surface area contributed by atoms with Crippen molar-refractivity contribution >= 4 is 17.4 Å². The van der Waals surface area contributed by atoms with Crippen LogP contribution in [0, 0.1) is 5.82 Å². The number of phenols is 1. The number of nitrogens with two attached hydrogens (primary N) is 1. The average Bonchev–Trinajstić information content (AvgIpc) is 2.41. The summed E-state index contributed by atoms with van der Waals surface area (Å²) in [6.07, 6.45) is 0. The van der Waals surface area contributed by atoms with E-state index in [-0.39, 0.29) is 5.75 Å². The standard InChI is InChI=1S/C14H14FN3O2/c15-12-7-9(1-6-13(12)19)8-17-10-2-4-11(5-3-10)18-14(16)20/h1-7,17,19H,8H2,(H3,16,18,20). The van der Waals surface area contributed by atoms with Crippen LogP contribution in [0.4, 0.5) is 20.6 Å². The maximum atomic E-state index is 13.1. The molecule has 0 aliphatic carbocycles. The van der Waals surface area contributed by atoms with Gasteiger partial charge in [-0.1, -0.05) is 6.07 Å². The Morgan fingerprint density at radius 1 is 1.15 bits per heavy atom. The number of carbonyl (C=O) groups excluding carboxylic acids is 1. The smallest absolute Gasteiger partial charge is 0.316 e. The van der Waals surface area contributed by atoms with Gasteiger partial charge in [0.1, 0.15) is 0 Å².